The normalized spacial score (nSPS) is 13.1. The third-order valence-corrected chi connectivity index (χ3v) is 3.28. The molecule has 1 heterocycles. The molecule has 0 saturated carbocycles. The minimum atomic E-state index is -0.404. The molecule has 1 aromatic rings. The highest BCUT2D eigenvalue weighted by Crippen LogP contribution is 2.26. The van der Waals surface area contributed by atoms with Crippen LogP contribution in [0.1, 0.15) is 45.1 Å². The van der Waals surface area contributed by atoms with Crippen molar-refractivity contribution in [3.63, 3.8) is 0 Å². The molecule has 0 aliphatic carbocycles. The number of esters is 1. The van der Waals surface area contributed by atoms with Crippen molar-refractivity contribution in [3.8, 4) is 0 Å². The summed E-state index contributed by atoms with van der Waals surface area (Å²) in [7, 11) is 0. The van der Waals surface area contributed by atoms with E-state index < -0.39 is 5.60 Å². The van der Waals surface area contributed by atoms with Crippen molar-refractivity contribution in [1.29, 1.82) is 0 Å². The van der Waals surface area contributed by atoms with E-state index >= 15 is 0 Å². The fourth-order valence-electron chi connectivity index (χ4n) is 1.32. The first-order valence-electron chi connectivity index (χ1n) is 5.98. The van der Waals surface area contributed by atoms with Gasteiger partial charge in [-0.05, 0) is 27.7 Å². The van der Waals surface area contributed by atoms with Crippen LogP contribution in [0, 0.1) is 0 Å². The van der Waals surface area contributed by atoms with Crippen LogP contribution in [0.3, 0.4) is 0 Å². The Balaban J connectivity index is 2.28. The molecule has 0 aliphatic heterocycles. The SMILES string of the molecule is C[C@H](SCCC(=O)OC(C)(C)C)c1cnccn1. The molecule has 0 radical (unpaired) electrons. The maximum Gasteiger partial charge on any atom is 0.307 e. The van der Waals surface area contributed by atoms with Gasteiger partial charge in [0.05, 0.1) is 12.1 Å². The lowest BCUT2D eigenvalue weighted by Gasteiger charge is -2.19. The summed E-state index contributed by atoms with van der Waals surface area (Å²) in [5.41, 5.74) is 0.532. The molecule has 1 aromatic heterocycles. The van der Waals surface area contributed by atoms with Gasteiger partial charge in [-0.3, -0.25) is 14.8 Å². The highest BCUT2D eigenvalue weighted by atomic mass is 32.2. The van der Waals surface area contributed by atoms with Crippen molar-refractivity contribution in [2.24, 2.45) is 0 Å². The molecule has 4 nitrogen and oxygen atoms in total. The van der Waals surface area contributed by atoms with Crippen LogP contribution in [-0.4, -0.2) is 27.3 Å². The summed E-state index contributed by atoms with van der Waals surface area (Å²) in [4.78, 5) is 19.8. The quantitative estimate of drug-likeness (QED) is 0.768. The first-order chi connectivity index (χ1) is 8.38. The highest BCUT2D eigenvalue weighted by molar-refractivity contribution is 7.99. The molecule has 0 spiro atoms. The molecule has 18 heavy (non-hydrogen) atoms. The van der Waals surface area contributed by atoms with Crippen molar-refractivity contribution in [2.45, 2.75) is 45.0 Å². The Morgan fingerprint density at radius 3 is 2.72 bits per heavy atom. The Bertz CT molecular complexity index is 376. The summed E-state index contributed by atoms with van der Waals surface area (Å²) >= 11 is 1.68. The van der Waals surface area contributed by atoms with Gasteiger partial charge in [0.25, 0.3) is 0 Å². The van der Waals surface area contributed by atoms with Gasteiger partial charge in [0.1, 0.15) is 5.60 Å². The number of nitrogens with zero attached hydrogens (tertiary/aromatic N) is 2. The van der Waals surface area contributed by atoms with Crippen LogP contribution in [0.2, 0.25) is 0 Å². The van der Waals surface area contributed by atoms with Gasteiger partial charge in [0, 0.05) is 29.6 Å². The van der Waals surface area contributed by atoms with Gasteiger partial charge in [0.2, 0.25) is 0 Å². The van der Waals surface area contributed by atoms with E-state index in [1.165, 1.54) is 0 Å². The number of rotatable bonds is 5. The molecule has 0 aliphatic rings. The van der Waals surface area contributed by atoms with Gasteiger partial charge in [0.15, 0.2) is 0 Å². The number of carbonyl (C=O) groups is 1. The zero-order chi connectivity index (χ0) is 13.6. The molecular formula is C13H20N2O2S. The van der Waals surface area contributed by atoms with Crippen molar-refractivity contribution < 1.29 is 9.53 Å². The summed E-state index contributed by atoms with van der Waals surface area (Å²) < 4.78 is 5.24. The fraction of sp³-hybridized carbons (Fsp3) is 0.615. The molecule has 0 bridgehead atoms. The first-order valence-corrected chi connectivity index (χ1v) is 7.03. The third-order valence-electron chi connectivity index (χ3n) is 2.09. The predicted molar refractivity (Wildman–Crippen MR) is 73.4 cm³/mol. The number of hydrogen-bond acceptors (Lipinski definition) is 5. The molecule has 0 N–H and O–H groups in total. The van der Waals surface area contributed by atoms with Crippen LogP contribution in [0.25, 0.3) is 0 Å². The lowest BCUT2D eigenvalue weighted by atomic mass is 10.2. The molecule has 5 heteroatoms. The van der Waals surface area contributed by atoms with Crippen LogP contribution in [0.15, 0.2) is 18.6 Å². The maximum absolute atomic E-state index is 11.5. The standard InChI is InChI=1S/C13H20N2O2S/c1-10(11-9-14-6-7-15-11)18-8-5-12(16)17-13(2,3)4/h6-7,9-10H,5,8H2,1-4H3/t10-/m0/s1. The van der Waals surface area contributed by atoms with Gasteiger partial charge in [-0.2, -0.15) is 11.8 Å². The van der Waals surface area contributed by atoms with Gasteiger partial charge in [-0.25, -0.2) is 0 Å². The monoisotopic (exact) mass is 268 g/mol. The molecular weight excluding hydrogens is 248 g/mol. The summed E-state index contributed by atoms with van der Waals surface area (Å²) in [6, 6.07) is 0. The summed E-state index contributed by atoms with van der Waals surface area (Å²) in [6.45, 7) is 7.68. The Hall–Kier alpha value is -1.10. The average Bonchev–Trinajstić information content (AvgIpc) is 2.27. The maximum atomic E-state index is 11.5. The van der Waals surface area contributed by atoms with Crippen molar-refractivity contribution >= 4 is 17.7 Å². The van der Waals surface area contributed by atoms with E-state index in [1.807, 2.05) is 20.8 Å². The van der Waals surface area contributed by atoms with Crippen LogP contribution in [0.4, 0.5) is 0 Å². The topological polar surface area (TPSA) is 52.1 Å². The van der Waals surface area contributed by atoms with Crippen molar-refractivity contribution in [2.75, 3.05) is 5.75 Å². The van der Waals surface area contributed by atoms with E-state index in [9.17, 15) is 4.79 Å². The van der Waals surface area contributed by atoms with Gasteiger partial charge in [-0.1, -0.05) is 0 Å². The molecule has 0 saturated heterocycles. The number of ether oxygens (including phenoxy) is 1. The predicted octanol–water partition coefficient (Wildman–Crippen LogP) is 3.00. The van der Waals surface area contributed by atoms with Crippen LogP contribution < -0.4 is 0 Å². The smallest absolute Gasteiger partial charge is 0.307 e. The van der Waals surface area contributed by atoms with E-state index in [-0.39, 0.29) is 11.2 Å². The Kier molecular flexibility index (Phi) is 5.59. The zero-order valence-electron chi connectivity index (χ0n) is 11.3. The summed E-state index contributed by atoms with van der Waals surface area (Å²) in [6.07, 6.45) is 5.51. The second-order valence-corrected chi connectivity index (χ2v) is 6.43. The lowest BCUT2D eigenvalue weighted by Crippen LogP contribution is -2.24. The number of carbonyl (C=O) groups excluding carboxylic acids is 1. The van der Waals surface area contributed by atoms with E-state index in [2.05, 4.69) is 16.9 Å². The van der Waals surface area contributed by atoms with E-state index in [4.69, 9.17) is 4.74 Å². The number of thioether (sulfide) groups is 1. The molecule has 0 amide bonds. The van der Waals surface area contributed by atoms with Crippen LogP contribution >= 0.6 is 11.8 Å². The Labute approximate surface area is 113 Å². The summed E-state index contributed by atoms with van der Waals surface area (Å²) in [5, 5.41) is 0.237. The molecule has 0 fully saturated rings. The second kappa shape index (κ2) is 6.73. The highest BCUT2D eigenvalue weighted by Gasteiger charge is 2.16. The van der Waals surface area contributed by atoms with Crippen LogP contribution in [0.5, 0.6) is 0 Å². The minimum absolute atomic E-state index is 0.152. The number of hydrogen-bond donors (Lipinski definition) is 0. The van der Waals surface area contributed by atoms with E-state index in [1.54, 1.807) is 30.4 Å². The average molecular weight is 268 g/mol. The van der Waals surface area contributed by atoms with Gasteiger partial charge < -0.3 is 4.74 Å². The van der Waals surface area contributed by atoms with Crippen LogP contribution in [-0.2, 0) is 9.53 Å². The molecule has 1 atom stereocenters. The first kappa shape index (κ1) is 15.0. The molecule has 1 rings (SSSR count). The minimum Gasteiger partial charge on any atom is -0.460 e. The van der Waals surface area contributed by atoms with Crippen molar-refractivity contribution in [3.05, 3.63) is 24.3 Å². The Morgan fingerprint density at radius 2 is 2.17 bits per heavy atom. The number of aromatic nitrogens is 2. The van der Waals surface area contributed by atoms with E-state index in [0.717, 1.165) is 11.4 Å². The summed E-state index contributed by atoms with van der Waals surface area (Å²) in [5.74, 6) is 0.577. The zero-order valence-corrected chi connectivity index (χ0v) is 12.2. The lowest BCUT2D eigenvalue weighted by molar-refractivity contribution is -0.154. The third kappa shape index (κ3) is 6.00. The van der Waals surface area contributed by atoms with E-state index in [0.29, 0.717) is 6.42 Å². The van der Waals surface area contributed by atoms with Crippen molar-refractivity contribution in [1.82, 2.24) is 9.97 Å². The largest absolute Gasteiger partial charge is 0.460 e. The Morgan fingerprint density at radius 1 is 1.44 bits per heavy atom. The van der Waals surface area contributed by atoms with Gasteiger partial charge >= 0.3 is 5.97 Å². The fourth-order valence-corrected chi connectivity index (χ4v) is 2.25. The second-order valence-electron chi connectivity index (χ2n) is 4.98. The molecule has 0 unspecified atom stereocenters. The molecule has 0 aromatic carbocycles. The molecule has 100 valence electrons. The van der Waals surface area contributed by atoms with Gasteiger partial charge in [-0.15, -0.1) is 0 Å².